The zero-order valence-electron chi connectivity index (χ0n) is 24.8. The fraction of sp³-hybridized carbons (Fsp3) is 0.576. The van der Waals surface area contributed by atoms with Crippen LogP contribution in [0.2, 0.25) is 0 Å². The van der Waals surface area contributed by atoms with Gasteiger partial charge >= 0.3 is 5.97 Å². The van der Waals surface area contributed by atoms with Crippen LogP contribution in [0.5, 0.6) is 11.5 Å². The number of carboxylic acid groups (broad SMARTS) is 1. The zero-order chi connectivity index (χ0) is 29.2. The molecule has 0 aliphatic carbocycles. The predicted octanol–water partition coefficient (Wildman–Crippen LogP) is 6.09. The van der Waals surface area contributed by atoms with Gasteiger partial charge in [-0.1, -0.05) is 51.5 Å². The molecular formula is C33H46N2O6. The van der Waals surface area contributed by atoms with Crippen molar-refractivity contribution in [2.75, 3.05) is 37.9 Å². The van der Waals surface area contributed by atoms with E-state index in [9.17, 15) is 14.7 Å². The van der Waals surface area contributed by atoms with Crippen molar-refractivity contribution in [3.63, 3.8) is 0 Å². The summed E-state index contributed by atoms with van der Waals surface area (Å²) in [5.74, 6) is -0.396. The predicted molar refractivity (Wildman–Crippen MR) is 160 cm³/mol. The highest BCUT2D eigenvalue weighted by Crippen LogP contribution is 2.43. The quantitative estimate of drug-likeness (QED) is 0.352. The van der Waals surface area contributed by atoms with Crippen molar-refractivity contribution in [1.82, 2.24) is 4.90 Å². The highest BCUT2D eigenvalue weighted by molar-refractivity contribution is 5.95. The Balaban J connectivity index is 0.00000189. The Morgan fingerprint density at radius 2 is 1.80 bits per heavy atom. The van der Waals surface area contributed by atoms with Gasteiger partial charge < -0.3 is 24.2 Å². The molecule has 8 heteroatoms. The summed E-state index contributed by atoms with van der Waals surface area (Å²) in [5.41, 5.74) is 1.79. The monoisotopic (exact) mass is 566 g/mol. The lowest BCUT2D eigenvalue weighted by molar-refractivity contribution is -0.143. The van der Waals surface area contributed by atoms with Crippen LogP contribution >= 0.6 is 0 Å². The van der Waals surface area contributed by atoms with Gasteiger partial charge in [0.25, 0.3) is 0 Å². The van der Waals surface area contributed by atoms with Gasteiger partial charge in [-0.3, -0.25) is 14.5 Å². The number of para-hydroxylation sites is 1. The highest BCUT2D eigenvalue weighted by Gasteiger charge is 2.47. The molecule has 5 rings (SSSR count). The summed E-state index contributed by atoms with van der Waals surface area (Å²) in [7, 11) is 0. The number of rotatable bonds is 11. The van der Waals surface area contributed by atoms with E-state index < -0.39 is 11.9 Å². The molecule has 3 aliphatic heterocycles. The number of unbranched alkanes of at least 4 members (excludes halogenated alkanes) is 1. The summed E-state index contributed by atoms with van der Waals surface area (Å²) < 4.78 is 17.1. The van der Waals surface area contributed by atoms with Crippen LogP contribution in [0.15, 0.2) is 48.5 Å². The third-order valence-electron chi connectivity index (χ3n) is 8.36. The largest absolute Gasteiger partial charge is 0.481 e. The number of carbonyl (C=O) groups excluding carboxylic acids is 1. The molecule has 4 atom stereocenters. The number of anilines is 1. The summed E-state index contributed by atoms with van der Waals surface area (Å²) >= 11 is 0. The molecule has 2 fully saturated rings. The molecule has 1 amide bonds. The molecule has 8 nitrogen and oxygen atoms in total. The number of benzene rings is 2. The Labute approximate surface area is 244 Å². The number of nitrogens with zero attached hydrogens (tertiary/aromatic N) is 2. The maximum Gasteiger partial charge on any atom is 0.308 e. The van der Waals surface area contributed by atoms with E-state index in [0.717, 1.165) is 56.4 Å². The first-order chi connectivity index (χ1) is 20.0. The molecular weight excluding hydrogens is 520 g/mol. The lowest BCUT2D eigenvalue weighted by Crippen LogP contribution is -2.45. The molecule has 224 valence electrons. The van der Waals surface area contributed by atoms with Gasteiger partial charge in [-0.2, -0.15) is 0 Å². The molecule has 3 heterocycles. The smallest absolute Gasteiger partial charge is 0.308 e. The number of aliphatic carboxylic acids is 1. The molecule has 2 aromatic carbocycles. The molecule has 0 aromatic heterocycles. The minimum atomic E-state index is -0.826. The van der Waals surface area contributed by atoms with Crippen molar-refractivity contribution < 1.29 is 28.9 Å². The number of hydrogen-bond donors (Lipinski definition) is 1. The number of likely N-dealkylation sites (tertiary alicyclic amines) is 1. The van der Waals surface area contributed by atoms with Crippen LogP contribution in [0.3, 0.4) is 0 Å². The molecule has 3 unspecified atom stereocenters. The molecule has 0 spiro atoms. The van der Waals surface area contributed by atoms with Gasteiger partial charge in [0, 0.05) is 37.3 Å². The second kappa shape index (κ2) is 15.2. The standard InChI is InChI=1S/C31H40N2O6.C2H6/c1-2-3-16-33(23-9-5-4-6-10-23)29(34)20-32-19-25(22-12-15-27-28(18-22)39-21-38-27)30(31(35)36)26(32)14-13-24-11-7-8-17-37-24;1-2/h4-6,9-10,12,15,18,24-26,30H,2-3,7-8,11,13-14,16-17,19-21H2,1H3,(H,35,36);1-2H3/t24?,25?,26?,30-;/m1./s1. The Morgan fingerprint density at radius 3 is 2.51 bits per heavy atom. The number of amides is 1. The van der Waals surface area contributed by atoms with Crippen LogP contribution in [-0.4, -0.2) is 67.1 Å². The second-order valence-corrected chi connectivity index (χ2v) is 10.9. The minimum Gasteiger partial charge on any atom is -0.481 e. The van der Waals surface area contributed by atoms with Crippen LogP contribution < -0.4 is 14.4 Å². The molecule has 2 aromatic rings. The van der Waals surface area contributed by atoms with Crippen molar-refractivity contribution >= 4 is 17.6 Å². The summed E-state index contributed by atoms with van der Waals surface area (Å²) in [6.07, 6.45) is 6.75. The Hall–Kier alpha value is -3.10. The van der Waals surface area contributed by atoms with Crippen molar-refractivity contribution in [3.05, 3.63) is 54.1 Å². The minimum absolute atomic E-state index is 0.00374. The zero-order valence-corrected chi connectivity index (χ0v) is 24.8. The normalized spacial score (nSPS) is 23.5. The average molecular weight is 567 g/mol. The maximum atomic E-state index is 13.8. The van der Waals surface area contributed by atoms with Gasteiger partial charge in [0.1, 0.15) is 0 Å². The first-order valence-corrected chi connectivity index (χ1v) is 15.4. The van der Waals surface area contributed by atoms with Gasteiger partial charge in [-0.25, -0.2) is 0 Å². The number of hydrogen-bond acceptors (Lipinski definition) is 6. The number of ether oxygens (including phenoxy) is 3. The van der Waals surface area contributed by atoms with E-state index in [2.05, 4.69) is 11.8 Å². The Bertz CT molecular complexity index is 1120. The van der Waals surface area contributed by atoms with Gasteiger partial charge in [-0.05, 0) is 68.4 Å². The maximum absolute atomic E-state index is 13.8. The first kappa shape index (κ1) is 30.8. The SMILES string of the molecule is CC.CCCCN(C(=O)CN1CC(c2ccc3c(c2)OCO3)[C@@H](C(=O)O)C1CCC1CCCCO1)c1ccccc1. The summed E-state index contributed by atoms with van der Waals surface area (Å²) in [6, 6.07) is 15.2. The van der Waals surface area contributed by atoms with E-state index in [1.54, 1.807) is 0 Å². The number of carbonyl (C=O) groups is 2. The molecule has 2 saturated heterocycles. The second-order valence-electron chi connectivity index (χ2n) is 10.9. The number of fused-ring (bicyclic) bond motifs is 1. The number of carboxylic acids is 1. The summed E-state index contributed by atoms with van der Waals surface area (Å²) in [5, 5.41) is 10.5. The lowest BCUT2D eigenvalue weighted by Gasteiger charge is -2.31. The third-order valence-corrected chi connectivity index (χ3v) is 8.36. The first-order valence-electron chi connectivity index (χ1n) is 15.4. The topological polar surface area (TPSA) is 88.5 Å². The van der Waals surface area contributed by atoms with Crippen molar-refractivity contribution in [2.24, 2.45) is 5.92 Å². The summed E-state index contributed by atoms with van der Waals surface area (Å²) in [4.78, 5) is 30.6. The summed E-state index contributed by atoms with van der Waals surface area (Å²) in [6.45, 7) is 8.37. The van der Waals surface area contributed by atoms with Gasteiger partial charge in [0.2, 0.25) is 12.7 Å². The van der Waals surface area contributed by atoms with E-state index >= 15 is 0 Å². The van der Waals surface area contributed by atoms with Gasteiger partial charge in [0.05, 0.1) is 18.6 Å². The molecule has 1 N–H and O–H groups in total. The van der Waals surface area contributed by atoms with Crippen LogP contribution in [0, 0.1) is 5.92 Å². The fourth-order valence-corrected chi connectivity index (χ4v) is 6.31. The lowest BCUT2D eigenvalue weighted by atomic mass is 9.83. The highest BCUT2D eigenvalue weighted by atomic mass is 16.7. The van der Waals surface area contributed by atoms with Crippen molar-refractivity contribution in [2.45, 2.75) is 83.8 Å². The Morgan fingerprint density at radius 1 is 1.02 bits per heavy atom. The molecule has 0 bridgehead atoms. The van der Waals surface area contributed by atoms with E-state index in [4.69, 9.17) is 14.2 Å². The molecule has 3 aliphatic rings. The van der Waals surface area contributed by atoms with E-state index in [1.165, 1.54) is 0 Å². The third kappa shape index (κ3) is 7.60. The van der Waals surface area contributed by atoms with Crippen LogP contribution in [0.4, 0.5) is 5.69 Å². The fourth-order valence-electron chi connectivity index (χ4n) is 6.31. The van der Waals surface area contributed by atoms with Crippen LogP contribution in [0.1, 0.15) is 77.2 Å². The van der Waals surface area contributed by atoms with E-state index in [0.29, 0.717) is 31.0 Å². The van der Waals surface area contributed by atoms with Gasteiger partial charge in [0.15, 0.2) is 11.5 Å². The van der Waals surface area contributed by atoms with Crippen LogP contribution in [-0.2, 0) is 14.3 Å². The molecule has 0 saturated carbocycles. The van der Waals surface area contributed by atoms with E-state index in [1.807, 2.05) is 67.3 Å². The van der Waals surface area contributed by atoms with Crippen molar-refractivity contribution in [3.8, 4) is 11.5 Å². The molecule has 41 heavy (non-hydrogen) atoms. The average Bonchev–Trinajstić information content (AvgIpc) is 3.62. The van der Waals surface area contributed by atoms with Crippen LogP contribution in [0.25, 0.3) is 0 Å². The Kier molecular flexibility index (Phi) is 11.5. The van der Waals surface area contributed by atoms with Gasteiger partial charge in [-0.15, -0.1) is 0 Å². The molecule has 0 radical (unpaired) electrons. The van der Waals surface area contributed by atoms with E-state index in [-0.39, 0.29) is 37.3 Å². The van der Waals surface area contributed by atoms with Crippen molar-refractivity contribution in [1.29, 1.82) is 0 Å².